The number of hydrogen-bond acceptors (Lipinski definition) is 2. The van der Waals surface area contributed by atoms with Crippen LogP contribution in [0.5, 0.6) is 0 Å². The van der Waals surface area contributed by atoms with Crippen molar-refractivity contribution in [2.45, 2.75) is 20.3 Å². The lowest BCUT2D eigenvalue weighted by atomic mass is 9.88. The van der Waals surface area contributed by atoms with Gasteiger partial charge in [-0.1, -0.05) is 104 Å². The molecule has 3 nitrogen and oxygen atoms in total. The molecule has 3 aromatic heterocycles. The van der Waals surface area contributed by atoms with Crippen LogP contribution in [0.1, 0.15) is 18.9 Å². The van der Waals surface area contributed by atoms with Crippen molar-refractivity contribution in [1.82, 2.24) is 14.4 Å². The van der Waals surface area contributed by atoms with Gasteiger partial charge in [-0.3, -0.25) is 4.40 Å². The Kier molecular flexibility index (Phi) is 5.77. The summed E-state index contributed by atoms with van der Waals surface area (Å²) in [7, 11) is 0. The summed E-state index contributed by atoms with van der Waals surface area (Å²) in [4.78, 5) is 10.4. The van der Waals surface area contributed by atoms with E-state index in [1.165, 1.54) is 53.9 Å². The molecule has 0 aliphatic rings. The number of para-hydroxylation sites is 3. The lowest BCUT2D eigenvalue weighted by Crippen LogP contribution is -2.07. The van der Waals surface area contributed by atoms with Crippen LogP contribution in [0.2, 0.25) is 0 Å². The van der Waals surface area contributed by atoms with Crippen molar-refractivity contribution in [3.8, 4) is 22.5 Å². The summed E-state index contributed by atoms with van der Waals surface area (Å²) in [5, 5.41) is 12.7. The number of hydrogen-bond donors (Lipinski definition) is 0. The molecule has 0 aliphatic heterocycles. The van der Waals surface area contributed by atoms with Crippen LogP contribution in [0.25, 0.3) is 99.3 Å². The summed E-state index contributed by atoms with van der Waals surface area (Å²) in [6, 6.07) is 48.2. The Morgan fingerprint density at radius 2 is 1.25 bits per heavy atom. The van der Waals surface area contributed by atoms with Crippen molar-refractivity contribution >= 4 is 76.7 Å². The van der Waals surface area contributed by atoms with Crippen molar-refractivity contribution in [2.24, 2.45) is 0 Å². The lowest BCUT2D eigenvalue weighted by Gasteiger charge is -2.16. The summed E-state index contributed by atoms with van der Waals surface area (Å²) in [6.07, 6.45) is 3.38. The number of aromatic nitrogens is 3. The first-order valence-electron chi connectivity index (χ1n) is 16.8. The SMILES string of the molecule is CC/C=c1/c2ccc(-c3cccc(-c4ccc5c(c4)c4ccccc4n4c6ccccc6nc54)n3)c3cccc(c4cccc(C)c14)c32. The third-order valence-electron chi connectivity index (χ3n) is 10.1. The number of benzene rings is 7. The maximum absolute atomic E-state index is 5.33. The minimum absolute atomic E-state index is 0.958. The van der Waals surface area contributed by atoms with Crippen LogP contribution in [0.15, 0.2) is 133 Å². The van der Waals surface area contributed by atoms with Gasteiger partial charge in [0.15, 0.2) is 0 Å². The Hall–Kier alpha value is -6.06. The van der Waals surface area contributed by atoms with E-state index < -0.39 is 0 Å². The third-order valence-corrected chi connectivity index (χ3v) is 10.1. The van der Waals surface area contributed by atoms with Crippen molar-refractivity contribution < 1.29 is 0 Å². The zero-order valence-electron chi connectivity index (χ0n) is 26.8. The molecule has 48 heavy (non-hydrogen) atoms. The zero-order valence-corrected chi connectivity index (χ0v) is 26.8. The summed E-state index contributed by atoms with van der Waals surface area (Å²) < 4.78 is 2.30. The molecule has 3 heterocycles. The Labute approximate surface area is 277 Å². The first-order chi connectivity index (χ1) is 23.7. The molecule has 7 aromatic carbocycles. The van der Waals surface area contributed by atoms with Crippen LogP contribution in [-0.2, 0) is 0 Å². The van der Waals surface area contributed by atoms with Crippen LogP contribution < -0.4 is 5.22 Å². The second kappa shape index (κ2) is 10.2. The highest BCUT2D eigenvalue weighted by molar-refractivity contribution is 6.24. The third kappa shape index (κ3) is 3.76. The average Bonchev–Trinajstić information content (AvgIpc) is 3.53. The normalized spacial score (nSPS) is 12.6. The fourth-order valence-electron chi connectivity index (χ4n) is 8.09. The van der Waals surface area contributed by atoms with Crippen LogP contribution >= 0.6 is 0 Å². The molecule has 0 saturated heterocycles. The molecule has 0 aliphatic carbocycles. The molecule has 10 aromatic rings. The second-order valence-corrected chi connectivity index (χ2v) is 12.9. The first-order valence-corrected chi connectivity index (χ1v) is 16.8. The molecule has 0 amide bonds. The molecule has 0 spiro atoms. The van der Waals surface area contributed by atoms with Crippen molar-refractivity contribution in [2.75, 3.05) is 0 Å². The molecular formula is C45H31N3. The van der Waals surface area contributed by atoms with Gasteiger partial charge in [-0.2, -0.15) is 0 Å². The molecule has 10 rings (SSSR count). The van der Waals surface area contributed by atoms with Gasteiger partial charge in [0.2, 0.25) is 0 Å². The van der Waals surface area contributed by atoms with Gasteiger partial charge in [-0.25, -0.2) is 9.97 Å². The molecule has 0 atom stereocenters. The standard InChI is InChI=1S/C45H31N3/c1-3-11-31-35-25-24-29(32-15-9-16-34(44(32)35)33-14-8-12-27(2)43(31)33)39-19-10-18-38(46-39)28-22-23-36-37(26-28)30-13-4-6-20-41(30)48-42-21-7-5-17-40(42)47-45(36)48/h4-26H,3H2,1-2H3/b31-11-. The van der Waals surface area contributed by atoms with Gasteiger partial charge in [-0.05, 0) is 104 Å². The van der Waals surface area contributed by atoms with E-state index in [0.29, 0.717) is 0 Å². The molecule has 0 bridgehead atoms. The summed E-state index contributed by atoms with van der Waals surface area (Å²) >= 11 is 0. The predicted octanol–water partition coefficient (Wildman–Crippen LogP) is 11.2. The highest BCUT2D eigenvalue weighted by atomic mass is 15.0. The number of nitrogens with zero attached hydrogens (tertiary/aromatic N) is 3. The Morgan fingerprint density at radius 1 is 0.542 bits per heavy atom. The van der Waals surface area contributed by atoms with E-state index in [0.717, 1.165) is 56.5 Å². The Bertz CT molecular complexity index is 3000. The largest absolute Gasteiger partial charge is 0.292 e. The van der Waals surface area contributed by atoms with E-state index >= 15 is 0 Å². The van der Waals surface area contributed by atoms with E-state index in [1.807, 2.05) is 0 Å². The number of imidazole rings is 1. The minimum Gasteiger partial charge on any atom is -0.292 e. The minimum atomic E-state index is 0.958. The van der Waals surface area contributed by atoms with Crippen LogP contribution in [0.3, 0.4) is 0 Å². The van der Waals surface area contributed by atoms with E-state index in [2.05, 4.69) is 158 Å². The smallest absolute Gasteiger partial charge is 0.146 e. The molecule has 0 radical (unpaired) electrons. The van der Waals surface area contributed by atoms with Crippen LogP contribution in [0, 0.1) is 6.92 Å². The van der Waals surface area contributed by atoms with Gasteiger partial charge in [0.05, 0.1) is 27.9 Å². The maximum atomic E-state index is 5.33. The maximum Gasteiger partial charge on any atom is 0.146 e. The zero-order chi connectivity index (χ0) is 31.9. The topological polar surface area (TPSA) is 30.2 Å². The molecule has 3 heteroatoms. The molecule has 0 fully saturated rings. The van der Waals surface area contributed by atoms with Gasteiger partial charge >= 0.3 is 0 Å². The Balaban J connectivity index is 1.20. The monoisotopic (exact) mass is 613 g/mol. The summed E-state index contributed by atoms with van der Waals surface area (Å²) in [5.74, 6) is 0. The summed E-state index contributed by atoms with van der Waals surface area (Å²) in [6.45, 7) is 4.45. The number of pyridine rings is 2. The van der Waals surface area contributed by atoms with E-state index in [4.69, 9.17) is 9.97 Å². The quantitative estimate of drug-likeness (QED) is 0.147. The molecule has 0 N–H and O–H groups in total. The van der Waals surface area contributed by atoms with Crippen LogP contribution in [-0.4, -0.2) is 14.4 Å². The molecular weight excluding hydrogens is 583 g/mol. The highest BCUT2D eigenvalue weighted by Crippen LogP contribution is 2.38. The Morgan fingerprint density at radius 3 is 2.15 bits per heavy atom. The molecule has 0 saturated carbocycles. The van der Waals surface area contributed by atoms with Gasteiger partial charge < -0.3 is 0 Å². The van der Waals surface area contributed by atoms with Crippen LogP contribution in [0.4, 0.5) is 0 Å². The predicted molar refractivity (Wildman–Crippen MR) is 204 cm³/mol. The second-order valence-electron chi connectivity index (χ2n) is 12.9. The van der Waals surface area contributed by atoms with E-state index in [1.54, 1.807) is 0 Å². The van der Waals surface area contributed by atoms with Gasteiger partial charge in [0.1, 0.15) is 5.65 Å². The molecule has 0 unspecified atom stereocenters. The average molecular weight is 614 g/mol. The number of rotatable bonds is 3. The summed E-state index contributed by atoms with van der Waals surface area (Å²) in [5.41, 5.74) is 9.77. The number of aryl methyl sites for hydroxylation is 1. The first kappa shape index (κ1) is 27.1. The van der Waals surface area contributed by atoms with E-state index in [-0.39, 0.29) is 0 Å². The van der Waals surface area contributed by atoms with Crippen molar-refractivity contribution in [1.29, 1.82) is 0 Å². The fraction of sp³-hybridized carbons (Fsp3) is 0.0667. The van der Waals surface area contributed by atoms with Gasteiger partial charge in [0.25, 0.3) is 0 Å². The molecule has 226 valence electrons. The van der Waals surface area contributed by atoms with Crippen molar-refractivity contribution in [3.05, 3.63) is 144 Å². The van der Waals surface area contributed by atoms with Gasteiger partial charge in [-0.15, -0.1) is 0 Å². The lowest BCUT2D eigenvalue weighted by molar-refractivity contribution is 1.29. The number of fused-ring (bicyclic) bond motifs is 10. The van der Waals surface area contributed by atoms with Gasteiger partial charge in [0, 0.05) is 21.9 Å². The fourth-order valence-corrected chi connectivity index (χ4v) is 8.09. The highest BCUT2D eigenvalue weighted by Gasteiger charge is 2.17. The van der Waals surface area contributed by atoms with Crippen molar-refractivity contribution in [3.63, 3.8) is 0 Å². The van der Waals surface area contributed by atoms with E-state index in [9.17, 15) is 0 Å².